The van der Waals surface area contributed by atoms with E-state index in [1.165, 1.54) is 0 Å². The number of carbonyl (C=O) groups excluding carboxylic acids is 1. The summed E-state index contributed by atoms with van der Waals surface area (Å²) in [6.07, 6.45) is 0. The predicted molar refractivity (Wildman–Crippen MR) is 80.5 cm³/mol. The first-order valence-electron chi connectivity index (χ1n) is 6.57. The minimum Gasteiger partial charge on any atom is -0.496 e. The van der Waals surface area contributed by atoms with Crippen molar-refractivity contribution in [3.63, 3.8) is 0 Å². The van der Waals surface area contributed by atoms with Gasteiger partial charge < -0.3 is 15.4 Å². The normalized spacial score (nSPS) is 10.0. The van der Waals surface area contributed by atoms with Gasteiger partial charge in [-0.1, -0.05) is 12.1 Å². The minimum absolute atomic E-state index is 0.250. The molecule has 0 aliphatic carbocycles. The first kappa shape index (κ1) is 14.8. The Balaban J connectivity index is 1.99. The fraction of sp³-hybridized carbons (Fsp3) is 0.267. The number of methoxy groups -OCH3 is 1. The van der Waals surface area contributed by atoms with E-state index in [4.69, 9.17) is 4.74 Å². The zero-order valence-corrected chi connectivity index (χ0v) is 12.3. The number of aryl methyl sites for hydroxylation is 1. The molecule has 6 heteroatoms. The molecule has 110 valence electrons. The van der Waals surface area contributed by atoms with Gasteiger partial charge in [-0.25, -0.2) is 0 Å². The Labute approximate surface area is 123 Å². The quantitative estimate of drug-likeness (QED) is 0.876. The second-order valence-electron chi connectivity index (χ2n) is 4.54. The Hall–Kier alpha value is -2.63. The van der Waals surface area contributed by atoms with Crippen molar-refractivity contribution in [2.75, 3.05) is 19.5 Å². The molecule has 0 aliphatic rings. The van der Waals surface area contributed by atoms with E-state index in [1.807, 2.05) is 19.1 Å². The number of amides is 1. The molecule has 0 aliphatic heterocycles. The lowest BCUT2D eigenvalue weighted by molar-refractivity contribution is 0.0957. The topological polar surface area (TPSA) is 76.1 Å². The third-order valence-corrected chi connectivity index (χ3v) is 3.06. The number of hydrogen-bond acceptors (Lipinski definition) is 5. The number of nitrogens with zero attached hydrogens (tertiary/aromatic N) is 2. The molecule has 0 atom stereocenters. The van der Waals surface area contributed by atoms with Crippen molar-refractivity contribution >= 4 is 11.7 Å². The fourth-order valence-corrected chi connectivity index (χ4v) is 1.92. The summed E-state index contributed by atoms with van der Waals surface area (Å²) in [6, 6.07) is 9.34. The molecule has 0 saturated heterocycles. The van der Waals surface area contributed by atoms with Gasteiger partial charge in [0.05, 0.1) is 7.11 Å². The standard InChI is InChI=1S/C15H18N4O2/c1-10-8-11(4-6-13(10)21-3)9-17-14-7-5-12(18-19-14)15(20)16-2/h4-8H,9H2,1-3H3,(H,16,20)(H,17,19). The monoisotopic (exact) mass is 286 g/mol. The molecule has 2 aromatic rings. The second-order valence-corrected chi connectivity index (χ2v) is 4.54. The molecule has 0 saturated carbocycles. The van der Waals surface area contributed by atoms with Crippen LogP contribution < -0.4 is 15.4 Å². The van der Waals surface area contributed by atoms with Crippen LogP contribution in [0.2, 0.25) is 0 Å². The van der Waals surface area contributed by atoms with Crippen molar-refractivity contribution < 1.29 is 9.53 Å². The Bertz CT molecular complexity index is 626. The molecule has 1 aromatic carbocycles. The maximum absolute atomic E-state index is 11.4. The highest BCUT2D eigenvalue weighted by molar-refractivity contribution is 5.91. The van der Waals surface area contributed by atoms with Gasteiger partial charge in [0.1, 0.15) is 11.6 Å². The molecule has 2 rings (SSSR count). The number of carbonyl (C=O) groups is 1. The van der Waals surface area contributed by atoms with E-state index in [9.17, 15) is 4.79 Å². The van der Waals surface area contributed by atoms with Crippen LogP contribution in [0.1, 0.15) is 21.6 Å². The van der Waals surface area contributed by atoms with E-state index in [-0.39, 0.29) is 5.91 Å². The first-order valence-corrected chi connectivity index (χ1v) is 6.57. The maximum Gasteiger partial charge on any atom is 0.271 e. The van der Waals surface area contributed by atoms with Gasteiger partial charge in [0.15, 0.2) is 5.69 Å². The number of hydrogen-bond donors (Lipinski definition) is 2. The number of nitrogens with one attached hydrogen (secondary N) is 2. The highest BCUT2D eigenvalue weighted by Gasteiger charge is 2.05. The van der Waals surface area contributed by atoms with Gasteiger partial charge in [0.25, 0.3) is 5.91 Å². The van der Waals surface area contributed by atoms with E-state index < -0.39 is 0 Å². The van der Waals surface area contributed by atoms with E-state index in [1.54, 1.807) is 26.3 Å². The summed E-state index contributed by atoms with van der Waals surface area (Å²) in [5, 5.41) is 13.5. The first-order chi connectivity index (χ1) is 10.1. The molecular weight excluding hydrogens is 268 g/mol. The van der Waals surface area contributed by atoms with Crippen LogP contribution in [0.3, 0.4) is 0 Å². The third-order valence-electron chi connectivity index (χ3n) is 3.06. The summed E-state index contributed by atoms with van der Waals surface area (Å²) >= 11 is 0. The molecule has 21 heavy (non-hydrogen) atoms. The lowest BCUT2D eigenvalue weighted by Crippen LogP contribution is -2.19. The Morgan fingerprint density at radius 2 is 2.05 bits per heavy atom. The molecule has 6 nitrogen and oxygen atoms in total. The molecule has 0 bridgehead atoms. The van der Waals surface area contributed by atoms with E-state index in [0.29, 0.717) is 18.1 Å². The number of ether oxygens (including phenoxy) is 1. The van der Waals surface area contributed by atoms with Crippen LogP contribution in [0.25, 0.3) is 0 Å². The van der Waals surface area contributed by atoms with Gasteiger partial charge in [0, 0.05) is 13.6 Å². The highest BCUT2D eigenvalue weighted by Crippen LogP contribution is 2.18. The fourth-order valence-electron chi connectivity index (χ4n) is 1.92. The average molecular weight is 286 g/mol. The van der Waals surface area contributed by atoms with Gasteiger partial charge in [-0.3, -0.25) is 4.79 Å². The van der Waals surface area contributed by atoms with Crippen LogP contribution in [0.15, 0.2) is 30.3 Å². The molecule has 2 N–H and O–H groups in total. The van der Waals surface area contributed by atoms with Crippen molar-refractivity contribution in [3.05, 3.63) is 47.2 Å². The number of rotatable bonds is 5. The Morgan fingerprint density at radius 3 is 2.62 bits per heavy atom. The second kappa shape index (κ2) is 6.69. The van der Waals surface area contributed by atoms with Crippen molar-refractivity contribution in [3.8, 4) is 5.75 Å². The minimum atomic E-state index is -0.250. The number of benzene rings is 1. The van der Waals surface area contributed by atoms with Gasteiger partial charge in [-0.05, 0) is 36.2 Å². The van der Waals surface area contributed by atoms with Gasteiger partial charge in [-0.15, -0.1) is 10.2 Å². The van der Waals surface area contributed by atoms with Crippen molar-refractivity contribution in [2.24, 2.45) is 0 Å². The van der Waals surface area contributed by atoms with Crippen molar-refractivity contribution in [2.45, 2.75) is 13.5 Å². The van der Waals surface area contributed by atoms with Crippen molar-refractivity contribution in [1.29, 1.82) is 0 Å². The van der Waals surface area contributed by atoms with Gasteiger partial charge in [0.2, 0.25) is 0 Å². The largest absolute Gasteiger partial charge is 0.496 e. The van der Waals surface area contributed by atoms with Crippen LogP contribution >= 0.6 is 0 Å². The van der Waals surface area contributed by atoms with E-state index >= 15 is 0 Å². The van der Waals surface area contributed by atoms with Crippen molar-refractivity contribution in [1.82, 2.24) is 15.5 Å². The molecular formula is C15H18N4O2. The molecule has 0 fully saturated rings. The summed E-state index contributed by atoms with van der Waals surface area (Å²) in [4.78, 5) is 11.4. The van der Waals surface area contributed by atoms with Gasteiger partial charge in [-0.2, -0.15) is 0 Å². The molecule has 0 unspecified atom stereocenters. The summed E-state index contributed by atoms with van der Waals surface area (Å²) in [5.41, 5.74) is 2.49. The lowest BCUT2D eigenvalue weighted by atomic mass is 10.1. The smallest absolute Gasteiger partial charge is 0.271 e. The van der Waals surface area contributed by atoms with Crippen LogP contribution in [-0.2, 0) is 6.54 Å². The maximum atomic E-state index is 11.4. The zero-order chi connectivity index (χ0) is 15.2. The predicted octanol–water partition coefficient (Wildman–Crippen LogP) is 1.77. The summed E-state index contributed by atoms with van der Waals surface area (Å²) in [7, 11) is 3.21. The summed E-state index contributed by atoms with van der Waals surface area (Å²) in [6.45, 7) is 2.62. The summed E-state index contributed by atoms with van der Waals surface area (Å²) in [5.74, 6) is 1.24. The van der Waals surface area contributed by atoms with Crippen LogP contribution in [0.5, 0.6) is 5.75 Å². The zero-order valence-electron chi connectivity index (χ0n) is 12.3. The molecule has 0 spiro atoms. The van der Waals surface area contributed by atoms with Gasteiger partial charge >= 0.3 is 0 Å². The van der Waals surface area contributed by atoms with Crippen LogP contribution in [-0.4, -0.2) is 30.3 Å². The van der Waals surface area contributed by atoms with Crippen LogP contribution in [0.4, 0.5) is 5.82 Å². The molecule has 1 amide bonds. The Morgan fingerprint density at radius 1 is 1.24 bits per heavy atom. The number of aromatic nitrogens is 2. The SMILES string of the molecule is CNC(=O)c1ccc(NCc2ccc(OC)c(C)c2)nn1. The van der Waals surface area contributed by atoms with E-state index in [0.717, 1.165) is 16.9 Å². The highest BCUT2D eigenvalue weighted by atomic mass is 16.5. The molecule has 1 heterocycles. The third kappa shape index (κ3) is 3.68. The summed E-state index contributed by atoms with van der Waals surface area (Å²) < 4.78 is 5.23. The molecule has 0 radical (unpaired) electrons. The number of anilines is 1. The molecule has 1 aromatic heterocycles. The Kier molecular flexibility index (Phi) is 4.71. The van der Waals surface area contributed by atoms with E-state index in [2.05, 4.69) is 26.9 Å². The van der Waals surface area contributed by atoms with Crippen LogP contribution in [0, 0.1) is 6.92 Å². The lowest BCUT2D eigenvalue weighted by Gasteiger charge is -2.09. The average Bonchev–Trinajstić information content (AvgIpc) is 2.52.